The van der Waals surface area contributed by atoms with Crippen molar-refractivity contribution in [2.24, 2.45) is 5.92 Å². The Kier molecular flexibility index (Phi) is 5.55. The molecular weight excluding hydrogens is 352 g/mol. The minimum atomic E-state index is -0.733. The van der Waals surface area contributed by atoms with Gasteiger partial charge in [0.2, 0.25) is 0 Å². The van der Waals surface area contributed by atoms with Gasteiger partial charge in [-0.25, -0.2) is 9.59 Å². The van der Waals surface area contributed by atoms with Gasteiger partial charge in [-0.1, -0.05) is 18.2 Å². The van der Waals surface area contributed by atoms with E-state index in [1.165, 1.54) is 6.08 Å². The molecule has 3 rings (SSSR count). The van der Waals surface area contributed by atoms with Gasteiger partial charge in [-0.05, 0) is 32.8 Å². The van der Waals surface area contributed by atoms with E-state index in [9.17, 15) is 14.7 Å². The quantitative estimate of drug-likeness (QED) is 0.328. The first-order valence-corrected chi connectivity index (χ1v) is 9.15. The van der Waals surface area contributed by atoms with Gasteiger partial charge in [0.25, 0.3) is 0 Å². The Morgan fingerprint density at radius 1 is 1.48 bits per heavy atom. The minimum Gasteiger partial charge on any atom is -0.458 e. The fourth-order valence-corrected chi connectivity index (χ4v) is 3.94. The number of fused-ring (bicyclic) bond motifs is 3. The zero-order valence-corrected chi connectivity index (χ0v) is 15.6. The lowest BCUT2D eigenvalue weighted by atomic mass is 9.81. The second kappa shape index (κ2) is 7.58. The standard InChI is InChI=1S/C20H26O7/c1-11-5-4-7-20(10-22)17(27-20)16-15(13(3)19(24)26-16)14(9-11)25-18(23)12(2)6-8-21/h5-6,14-17,21-22H,3-4,7-10H2,1-2H3/b11-5+,12-6+/t14-,15?,16+,17?,20+/m1/s1. The van der Waals surface area contributed by atoms with E-state index in [-0.39, 0.29) is 24.4 Å². The summed E-state index contributed by atoms with van der Waals surface area (Å²) in [7, 11) is 0. The van der Waals surface area contributed by atoms with Gasteiger partial charge in [0.05, 0.1) is 19.1 Å². The van der Waals surface area contributed by atoms with Crippen LogP contribution in [0, 0.1) is 5.92 Å². The molecule has 2 heterocycles. The van der Waals surface area contributed by atoms with Crippen molar-refractivity contribution in [3.63, 3.8) is 0 Å². The third-order valence-electron chi connectivity index (χ3n) is 5.61. The summed E-state index contributed by atoms with van der Waals surface area (Å²) in [5.41, 5.74) is 0.812. The van der Waals surface area contributed by atoms with Gasteiger partial charge in [-0.15, -0.1) is 0 Å². The molecule has 0 amide bonds. The van der Waals surface area contributed by atoms with Crippen molar-refractivity contribution in [1.29, 1.82) is 0 Å². The van der Waals surface area contributed by atoms with Crippen LogP contribution in [0.2, 0.25) is 0 Å². The molecule has 2 saturated heterocycles. The van der Waals surface area contributed by atoms with E-state index < -0.39 is 41.8 Å². The van der Waals surface area contributed by atoms with Gasteiger partial charge in [0.1, 0.15) is 23.9 Å². The van der Waals surface area contributed by atoms with E-state index in [2.05, 4.69) is 6.58 Å². The van der Waals surface area contributed by atoms with Gasteiger partial charge in [0.15, 0.2) is 0 Å². The zero-order chi connectivity index (χ0) is 19.8. The van der Waals surface area contributed by atoms with Crippen LogP contribution in [0.5, 0.6) is 0 Å². The molecule has 2 unspecified atom stereocenters. The third-order valence-corrected chi connectivity index (χ3v) is 5.61. The molecule has 7 heteroatoms. The number of epoxide rings is 1. The number of esters is 2. The highest BCUT2D eigenvalue weighted by Crippen LogP contribution is 2.50. The molecule has 1 aliphatic carbocycles. The van der Waals surface area contributed by atoms with Crippen molar-refractivity contribution in [3.8, 4) is 0 Å². The molecule has 0 aromatic heterocycles. The SMILES string of the molecule is C=C1C(=O)O[C@H]2C1[C@H](OC(=O)/C(C)=C/CO)C/C(C)=C/CC[C@@]1(CO)OC21. The number of hydrogen-bond acceptors (Lipinski definition) is 7. The highest BCUT2D eigenvalue weighted by atomic mass is 16.7. The predicted octanol–water partition coefficient (Wildman–Crippen LogP) is 1.19. The molecule has 148 valence electrons. The van der Waals surface area contributed by atoms with Gasteiger partial charge in [-0.3, -0.25) is 0 Å². The first-order chi connectivity index (χ1) is 12.8. The van der Waals surface area contributed by atoms with Crippen LogP contribution >= 0.6 is 0 Å². The summed E-state index contributed by atoms with van der Waals surface area (Å²) in [5, 5.41) is 18.8. The number of carbonyl (C=O) groups excluding carboxylic acids is 2. The number of allylic oxidation sites excluding steroid dienone is 1. The highest BCUT2D eigenvalue weighted by molar-refractivity contribution is 5.91. The second-order valence-corrected chi connectivity index (χ2v) is 7.49. The van der Waals surface area contributed by atoms with E-state index in [0.717, 1.165) is 5.57 Å². The topological polar surface area (TPSA) is 106 Å². The summed E-state index contributed by atoms with van der Waals surface area (Å²) in [4.78, 5) is 24.6. The summed E-state index contributed by atoms with van der Waals surface area (Å²) in [6.07, 6.45) is 3.43. The van der Waals surface area contributed by atoms with Crippen LogP contribution in [0.4, 0.5) is 0 Å². The predicted molar refractivity (Wildman–Crippen MR) is 95.5 cm³/mol. The van der Waals surface area contributed by atoms with Crippen molar-refractivity contribution in [2.45, 2.75) is 57.0 Å². The lowest BCUT2D eigenvalue weighted by molar-refractivity contribution is -0.148. The molecule has 2 N–H and O–H groups in total. The Bertz CT molecular complexity index is 707. The summed E-state index contributed by atoms with van der Waals surface area (Å²) in [5.74, 6) is -1.64. The fourth-order valence-electron chi connectivity index (χ4n) is 3.94. The van der Waals surface area contributed by atoms with Gasteiger partial charge < -0.3 is 24.4 Å². The maximum Gasteiger partial charge on any atom is 0.334 e. The lowest BCUT2D eigenvalue weighted by Crippen LogP contribution is -2.39. The van der Waals surface area contributed by atoms with Crippen LogP contribution in [0.15, 0.2) is 35.5 Å². The Morgan fingerprint density at radius 3 is 2.89 bits per heavy atom. The summed E-state index contributed by atoms with van der Waals surface area (Å²) in [6, 6.07) is 0. The average Bonchev–Trinajstić information content (AvgIpc) is 3.27. The number of aliphatic hydroxyl groups excluding tert-OH is 2. The summed E-state index contributed by atoms with van der Waals surface area (Å²) in [6.45, 7) is 6.92. The summed E-state index contributed by atoms with van der Waals surface area (Å²) < 4.78 is 17.0. The smallest absolute Gasteiger partial charge is 0.334 e. The van der Waals surface area contributed by atoms with E-state index in [0.29, 0.717) is 19.3 Å². The lowest BCUT2D eigenvalue weighted by Gasteiger charge is -2.28. The monoisotopic (exact) mass is 378 g/mol. The van der Waals surface area contributed by atoms with Crippen molar-refractivity contribution in [1.82, 2.24) is 0 Å². The van der Waals surface area contributed by atoms with Crippen LogP contribution in [0.25, 0.3) is 0 Å². The Balaban J connectivity index is 1.93. The minimum absolute atomic E-state index is 0.166. The molecule has 27 heavy (non-hydrogen) atoms. The number of aliphatic hydroxyl groups is 2. The van der Waals surface area contributed by atoms with Crippen LogP contribution in [-0.4, -0.2) is 59.3 Å². The molecule has 5 atom stereocenters. The number of carbonyl (C=O) groups is 2. The van der Waals surface area contributed by atoms with Crippen molar-refractivity contribution in [3.05, 3.63) is 35.5 Å². The van der Waals surface area contributed by atoms with E-state index in [1.807, 2.05) is 13.0 Å². The third kappa shape index (κ3) is 3.72. The molecule has 0 spiro atoms. The molecule has 0 bridgehead atoms. The Morgan fingerprint density at radius 2 is 2.22 bits per heavy atom. The van der Waals surface area contributed by atoms with Crippen LogP contribution in [0.1, 0.15) is 33.1 Å². The van der Waals surface area contributed by atoms with Gasteiger partial charge in [-0.2, -0.15) is 0 Å². The zero-order valence-electron chi connectivity index (χ0n) is 15.6. The maximum atomic E-state index is 12.4. The summed E-state index contributed by atoms with van der Waals surface area (Å²) >= 11 is 0. The molecule has 0 radical (unpaired) electrons. The largest absolute Gasteiger partial charge is 0.458 e. The highest BCUT2D eigenvalue weighted by Gasteiger charge is 2.65. The molecule has 0 aromatic rings. The molecule has 3 aliphatic rings. The first-order valence-electron chi connectivity index (χ1n) is 9.15. The maximum absolute atomic E-state index is 12.4. The molecule has 7 nitrogen and oxygen atoms in total. The number of hydrogen-bond donors (Lipinski definition) is 2. The van der Waals surface area contributed by atoms with Crippen LogP contribution in [-0.2, 0) is 23.8 Å². The average molecular weight is 378 g/mol. The molecule has 0 saturated carbocycles. The number of ether oxygens (including phenoxy) is 3. The van der Waals surface area contributed by atoms with E-state index in [4.69, 9.17) is 19.3 Å². The van der Waals surface area contributed by atoms with E-state index >= 15 is 0 Å². The molecular formula is C20H26O7. The van der Waals surface area contributed by atoms with Gasteiger partial charge in [0, 0.05) is 17.6 Å². The second-order valence-electron chi connectivity index (χ2n) is 7.49. The molecule has 2 aliphatic heterocycles. The van der Waals surface area contributed by atoms with Crippen molar-refractivity contribution < 1.29 is 34.0 Å². The van der Waals surface area contributed by atoms with Crippen LogP contribution in [0.3, 0.4) is 0 Å². The Hall–Kier alpha value is -1.96. The molecule has 0 aromatic carbocycles. The Labute approximate surface area is 158 Å². The first kappa shape index (κ1) is 19.8. The van der Waals surface area contributed by atoms with Crippen LogP contribution < -0.4 is 0 Å². The van der Waals surface area contributed by atoms with E-state index in [1.54, 1.807) is 6.92 Å². The van der Waals surface area contributed by atoms with Crippen molar-refractivity contribution >= 4 is 11.9 Å². The molecule has 2 fully saturated rings. The van der Waals surface area contributed by atoms with Gasteiger partial charge >= 0.3 is 11.9 Å². The van der Waals surface area contributed by atoms with Crippen molar-refractivity contribution in [2.75, 3.05) is 13.2 Å². The number of rotatable bonds is 4. The normalized spacial score (nSPS) is 38.2. The fraction of sp³-hybridized carbons (Fsp3) is 0.600.